The molecule has 1 aliphatic heterocycles. The molecule has 4 aliphatic carbocycles. The van der Waals surface area contributed by atoms with E-state index in [4.69, 9.17) is 4.74 Å². The van der Waals surface area contributed by atoms with Gasteiger partial charge in [-0.1, -0.05) is 0 Å². The van der Waals surface area contributed by atoms with Crippen LogP contribution < -0.4 is 9.64 Å². The molecule has 4 saturated carbocycles. The van der Waals surface area contributed by atoms with E-state index < -0.39 is 23.4 Å². The first kappa shape index (κ1) is 20.5. The molecule has 7 nitrogen and oxygen atoms in total. The standard InChI is InChI=1S/C24H31N3O4/c1-3-31-20-6-4-16(5-7-20)14-25(2)15-26-21(28)22(29)27(23(26)30)24-11-17-8-18(12-24)10-19(9-17)13-24/h4-7,17-19H,3,8-15H2,1-2H3/p+1. The van der Waals surface area contributed by atoms with E-state index in [1.54, 1.807) is 0 Å². The summed E-state index contributed by atoms with van der Waals surface area (Å²) >= 11 is 0. The van der Waals surface area contributed by atoms with Crippen molar-refractivity contribution >= 4 is 17.8 Å². The van der Waals surface area contributed by atoms with Crippen LogP contribution in [0.3, 0.4) is 0 Å². The van der Waals surface area contributed by atoms with E-state index in [-0.39, 0.29) is 6.67 Å². The van der Waals surface area contributed by atoms with Gasteiger partial charge in [0.15, 0.2) is 6.67 Å². The summed E-state index contributed by atoms with van der Waals surface area (Å²) in [5.74, 6) is 1.36. The van der Waals surface area contributed by atoms with Gasteiger partial charge in [-0.05, 0) is 87.5 Å². The molecule has 4 amide bonds. The van der Waals surface area contributed by atoms with E-state index in [9.17, 15) is 14.4 Å². The van der Waals surface area contributed by atoms with Gasteiger partial charge in [-0.3, -0.25) is 9.59 Å². The minimum Gasteiger partial charge on any atom is -0.494 e. The van der Waals surface area contributed by atoms with E-state index in [0.717, 1.165) is 35.5 Å². The number of nitrogens with zero attached hydrogens (tertiary/aromatic N) is 2. The van der Waals surface area contributed by atoms with Crippen LogP contribution in [0.5, 0.6) is 5.75 Å². The number of rotatable bonds is 7. The van der Waals surface area contributed by atoms with Crippen LogP contribution in [0, 0.1) is 17.8 Å². The second kappa shape index (κ2) is 7.62. The highest BCUT2D eigenvalue weighted by Gasteiger charge is 2.61. The minimum atomic E-state index is -0.660. The summed E-state index contributed by atoms with van der Waals surface area (Å²) < 4.78 is 5.48. The molecule has 31 heavy (non-hydrogen) atoms. The van der Waals surface area contributed by atoms with Crippen LogP contribution in [-0.2, 0) is 16.1 Å². The van der Waals surface area contributed by atoms with Crippen LogP contribution in [0.2, 0.25) is 0 Å². The highest BCUT2D eigenvalue weighted by molar-refractivity contribution is 6.44. The number of hydrogen-bond donors (Lipinski definition) is 1. The van der Waals surface area contributed by atoms with Gasteiger partial charge in [0.05, 0.1) is 19.2 Å². The lowest BCUT2D eigenvalue weighted by Crippen LogP contribution is -3.09. The maximum absolute atomic E-state index is 13.3. The molecule has 4 bridgehead atoms. The lowest BCUT2D eigenvalue weighted by molar-refractivity contribution is -0.901. The van der Waals surface area contributed by atoms with Crippen LogP contribution in [0.25, 0.3) is 0 Å². The average Bonchev–Trinajstić information content (AvgIpc) is 2.92. The maximum Gasteiger partial charge on any atom is 0.339 e. The molecule has 1 saturated heterocycles. The zero-order chi connectivity index (χ0) is 21.8. The molecule has 1 unspecified atom stereocenters. The van der Waals surface area contributed by atoms with Crippen molar-refractivity contribution in [2.45, 2.75) is 57.5 Å². The van der Waals surface area contributed by atoms with Crippen LogP contribution in [0.15, 0.2) is 24.3 Å². The molecule has 0 radical (unpaired) electrons. The number of urea groups is 1. The van der Waals surface area contributed by atoms with Gasteiger partial charge < -0.3 is 9.64 Å². The molecule has 1 aromatic carbocycles. The average molecular weight is 427 g/mol. The van der Waals surface area contributed by atoms with Crippen LogP contribution >= 0.6 is 0 Å². The van der Waals surface area contributed by atoms with E-state index in [1.807, 2.05) is 38.2 Å². The van der Waals surface area contributed by atoms with Gasteiger partial charge in [-0.2, -0.15) is 0 Å². The van der Waals surface area contributed by atoms with Crippen LogP contribution in [-0.4, -0.2) is 53.5 Å². The quantitative estimate of drug-likeness (QED) is 0.533. The summed E-state index contributed by atoms with van der Waals surface area (Å²) in [5, 5.41) is 0. The SMILES string of the molecule is CCOc1ccc(C[NH+](C)CN2C(=O)C(=O)N(C34CC5CC(CC(C5)C3)C4)C2=O)cc1. The number of carbonyl (C=O) groups is 3. The van der Waals surface area contributed by atoms with E-state index >= 15 is 0 Å². The molecule has 5 aliphatic rings. The Labute approximate surface area is 183 Å². The van der Waals surface area contributed by atoms with Crippen molar-refractivity contribution in [2.24, 2.45) is 17.8 Å². The lowest BCUT2D eigenvalue weighted by atomic mass is 9.52. The fraction of sp³-hybridized carbons (Fsp3) is 0.625. The number of benzene rings is 1. The molecule has 5 fully saturated rings. The van der Waals surface area contributed by atoms with Crippen molar-refractivity contribution in [3.63, 3.8) is 0 Å². The molecule has 0 spiro atoms. The molecular formula is C24H32N3O4+. The third kappa shape index (κ3) is 3.53. The summed E-state index contributed by atoms with van der Waals surface area (Å²) in [5.41, 5.74) is 0.667. The van der Waals surface area contributed by atoms with E-state index in [2.05, 4.69) is 0 Å². The number of quaternary nitrogens is 1. The van der Waals surface area contributed by atoms with Crippen molar-refractivity contribution in [3.05, 3.63) is 29.8 Å². The number of ether oxygens (including phenoxy) is 1. The molecular weight excluding hydrogens is 394 g/mol. The number of nitrogens with one attached hydrogen (secondary N) is 1. The molecule has 6 rings (SSSR count). The van der Waals surface area contributed by atoms with Gasteiger partial charge >= 0.3 is 17.8 Å². The summed E-state index contributed by atoms with van der Waals surface area (Å²) in [7, 11) is 1.94. The molecule has 1 heterocycles. The van der Waals surface area contributed by atoms with Gasteiger partial charge in [0.2, 0.25) is 0 Å². The van der Waals surface area contributed by atoms with Gasteiger partial charge in [0.25, 0.3) is 0 Å². The first-order chi connectivity index (χ1) is 14.9. The van der Waals surface area contributed by atoms with Crippen LogP contribution in [0.1, 0.15) is 51.0 Å². The molecule has 0 aromatic heterocycles. The third-order valence-corrected chi connectivity index (χ3v) is 7.70. The Hall–Kier alpha value is -2.41. The lowest BCUT2D eigenvalue weighted by Gasteiger charge is -2.58. The largest absolute Gasteiger partial charge is 0.494 e. The Morgan fingerprint density at radius 3 is 2.10 bits per heavy atom. The first-order valence-electron chi connectivity index (χ1n) is 11.6. The molecule has 1 atom stereocenters. The molecule has 166 valence electrons. The monoisotopic (exact) mass is 426 g/mol. The number of hydrogen-bond acceptors (Lipinski definition) is 4. The third-order valence-electron chi connectivity index (χ3n) is 7.70. The molecule has 1 aromatic rings. The molecule has 1 N–H and O–H groups in total. The topological polar surface area (TPSA) is 71.4 Å². The van der Waals surface area contributed by atoms with Crippen LogP contribution in [0.4, 0.5) is 4.79 Å². The molecule has 7 heteroatoms. The highest BCUT2D eigenvalue weighted by Crippen LogP contribution is 2.58. The van der Waals surface area contributed by atoms with E-state index in [1.165, 1.54) is 29.1 Å². The zero-order valence-electron chi connectivity index (χ0n) is 18.4. The Morgan fingerprint density at radius 1 is 0.968 bits per heavy atom. The zero-order valence-corrected chi connectivity index (χ0v) is 18.4. The van der Waals surface area contributed by atoms with Crippen molar-refractivity contribution < 1.29 is 24.0 Å². The number of amides is 4. The van der Waals surface area contributed by atoms with Gasteiger partial charge in [-0.15, -0.1) is 0 Å². The second-order valence-corrected chi connectivity index (χ2v) is 10.2. The summed E-state index contributed by atoms with van der Waals surface area (Å²) in [6.45, 7) is 3.41. The van der Waals surface area contributed by atoms with Crippen molar-refractivity contribution in [1.82, 2.24) is 9.80 Å². The predicted molar refractivity (Wildman–Crippen MR) is 113 cm³/mol. The van der Waals surface area contributed by atoms with E-state index in [0.29, 0.717) is 30.9 Å². The minimum absolute atomic E-state index is 0.194. The fourth-order valence-electron chi connectivity index (χ4n) is 6.95. The summed E-state index contributed by atoms with van der Waals surface area (Å²) in [6.07, 6.45) is 6.32. The van der Waals surface area contributed by atoms with Crippen molar-refractivity contribution in [2.75, 3.05) is 20.3 Å². The maximum atomic E-state index is 13.3. The van der Waals surface area contributed by atoms with Crippen molar-refractivity contribution in [3.8, 4) is 5.75 Å². The first-order valence-corrected chi connectivity index (χ1v) is 11.6. The number of carbonyl (C=O) groups excluding carboxylic acids is 3. The Kier molecular flexibility index (Phi) is 5.04. The predicted octanol–water partition coefficient (Wildman–Crippen LogP) is 1.82. The van der Waals surface area contributed by atoms with Gasteiger partial charge in [0.1, 0.15) is 12.3 Å². The summed E-state index contributed by atoms with van der Waals surface area (Å²) in [6, 6.07) is 7.44. The fourth-order valence-corrected chi connectivity index (χ4v) is 6.95. The normalized spacial score (nSPS) is 32.8. The smallest absolute Gasteiger partial charge is 0.339 e. The van der Waals surface area contributed by atoms with Gasteiger partial charge in [0, 0.05) is 5.56 Å². The van der Waals surface area contributed by atoms with Gasteiger partial charge in [-0.25, -0.2) is 14.6 Å². The summed E-state index contributed by atoms with van der Waals surface area (Å²) in [4.78, 5) is 42.6. The van der Waals surface area contributed by atoms with Crippen molar-refractivity contribution in [1.29, 1.82) is 0 Å². The highest BCUT2D eigenvalue weighted by atomic mass is 16.5. The Balaban J connectivity index is 1.28. The second-order valence-electron chi connectivity index (χ2n) is 10.2. The Bertz CT molecular complexity index is 861. The Morgan fingerprint density at radius 2 is 1.55 bits per heavy atom. The number of imide groups is 2.